The number of hydrogen-bond acceptors (Lipinski definition) is 6. The zero-order chi connectivity index (χ0) is 24.4. The molecule has 1 saturated heterocycles. The zero-order valence-corrected chi connectivity index (χ0v) is 19.4. The van der Waals surface area contributed by atoms with Gasteiger partial charge in [0.05, 0.1) is 26.9 Å². The summed E-state index contributed by atoms with van der Waals surface area (Å²) in [5, 5.41) is 19.1. The molecule has 0 saturated carbocycles. The van der Waals surface area contributed by atoms with Crippen LogP contribution in [0, 0.1) is 17.0 Å². The third-order valence-electron chi connectivity index (χ3n) is 5.32. The summed E-state index contributed by atoms with van der Waals surface area (Å²) in [4.78, 5) is 28.3. The van der Waals surface area contributed by atoms with E-state index in [1.54, 1.807) is 22.9 Å². The fraction of sp³-hybridized carbons (Fsp3) is 0.0385. The first-order valence-corrected chi connectivity index (χ1v) is 11.5. The third kappa shape index (κ3) is 4.90. The van der Waals surface area contributed by atoms with Crippen molar-refractivity contribution in [2.75, 3.05) is 0 Å². The topological polar surface area (TPSA) is 102 Å². The van der Waals surface area contributed by atoms with E-state index in [0.717, 1.165) is 16.9 Å². The Morgan fingerprint density at radius 2 is 1.74 bits per heavy atom. The minimum absolute atomic E-state index is 0.00108. The number of amides is 1. The van der Waals surface area contributed by atoms with Crippen LogP contribution in [-0.4, -0.2) is 25.8 Å². The lowest BCUT2D eigenvalue weighted by molar-refractivity contribution is -0.384. The average Bonchev–Trinajstić information content (AvgIpc) is 3.44. The van der Waals surface area contributed by atoms with E-state index in [0.29, 0.717) is 26.9 Å². The number of aliphatic imine (C=N–C) groups is 1. The molecular weight excluding hydrogens is 462 g/mol. The van der Waals surface area contributed by atoms with Crippen molar-refractivity contribution in [1.29, 1.82) is 0 Å². The molecule has 1 N–H and O–H groups in total. The van der Waals surface area contributed by atoms with E-state index in [9.17, 15) is 14.9 Å². The maximum absolute atomic E-state index is 12.7. The van der Waals surface area contributed by atoms with E-state index in [1.165, 1.54) is 23.9 Å². The van der Waals surface area contributed by atoms with Crippen LogP contribution >= 0.6 is 11.8 Å². The highest BCUT2D eigenvalue weighted by atomic mass is 32.2. The van der Waals surface area contributed by atoms with Crippen LogP contribution in [0.25, 0.3) is 23.0 Å². The van der Waals surface area contributed by atoms with Gasteiger partial charge in [-0.05, 0) is 61.2 Å². The third-order valence-corrected chi connectivity index (χ3v) is 6.23. The Morgan fingerprint density at radius 3 is 2.43 bits per heavy atom. The molecule has 0 aliphatic carbocycles. The predicted molar refractivity (Wildman–Crippen MR) is 138 cm³/mol. The van der Waals surface area contributed by atoms with Crippen LogP contribution in [-0.2, 0) is 4.79 Å². The van der Waals surface area contributed by atoms with Crippen molar-refractivity contribution in [2.45, 2.75) is 6.92 Å². The second-order valence-corrected chi connectivity index (χ2v) is 8.87. The Kier molecular flexibility index (Phi) is 5.99. The summed E-state index contributed by atoms with van der Waals surface area (Å²) < 4.78 is 1.72. The van der Waals surface area contributed by atoms with E-state index < -0.39 is 4.92 Å². The zero-order valence-electron chi connectivity index (χ0n) is 18.6. The van der Waals surface area contributed by atoms with Gasteiger partial charge in [-0.25, -0.2) is 9.67 Å². The molecule has 0 unspecified atom stereocenters. The van der Waals surface area contributed by atoms with E-state index >= 15 is 0 Å². The Balaban J connectivity index is 1.52. The monoisotopic (exact) mass is 481 g/mol. The number of nitro groups is 1. The van der Waals surface area contributed by atoms with Crippen LogP contribution in [0.5, 0.6) is 0 Å². The van der Waals surface area contributed by atoms with Gasteiger partial charge in [-0.1, -0.05) is 35.9 Å². The normalized spacial score (nSPS) is 15.5. The van der Waals surface area contributed by atoms with Crippen molar-refractivity contribution >= 4 is 40.3 Å². The molecule has 0 atom stereocenters. The number of para-hydroxylation sites is 1. The van der Waals surface area contributed by atoms with Gasteiger partial charge < -0.3 is 5.32 Å². The molecule has 4 aromatic rings. The minimum Gasteiger partial charge on any atom is -0.300 e. The number of nitro benzene ring substituents is 1. The van der Waals surface area contributed by atoms with Crippen molar-refractivity contribution in [1.82, 2.24) is 15.1 Å². The molecule has 0 spiro atoms. The van der Waals surface area contributed by atoms with Gasteiger partial charge in [-0.2, -0.15) is 5.10 Å². The minimum atomic E-state index is -0.441. The molecule has 1 aromatic heterocycles. The molecule has 1 aliphatic rings. The first kappa shape index (κ1) is 22.3. The van der Waals surface area contributed by atoms with Crippen molar-refractivity contribution < 1.29 is 9.72 Å². The molecule has 0 bridgehead atoms. The van der Waals surface area contributed by atoms with Gasteiger partial charge in [-0.3, -0.25) is 14.9 Å². The van der Waals surface area contributed by atoms with E-state index in [2.05, 4.69) is 10.3 Å². The van der Waals surface area contributed by atoms with Gasteiger partial charge in [-0.15, -0.1) is 0 Å². The first-order chi connectivity index (χ1) is 17.0. The van der Waals surface area contributed by atoms with Gasteiger partial charge in [0.1, 0.15) is 0 Å². The maximum atomic E-state index is 12.7. The SMILES string of the molecule is Cc1ccc(N=C2NC(=O)/C(=C/c3cn(-c4ccccc4)nc3-c3ccc([N+](=O)[O-])cc3)S2)cc1. The number of benzene rings is 3. The van der Waals surface area contributed by atoms with Crippen molar-refractivity contribution in [3.05, 3.63) is 111 Å². The Labute approximate surface area is 205 Å². The number of aromatic nitrogens is 2. The van der Waals surface area contributed by atoms with Gasteiger partial charge in [0, 0.05) is 29.5 Å². The summed E-state index contributed by atoms with van der Waals surface area (Å²) in [6.45, 7) is 2.00. The quantitative estimate of drug-likeness (QED) is 0.225. The molecule has 172 valence electrons. The van der Waals surface area contributed by atoms with E-state index in [-0.39, 0.29) is 11.6 Å². The van der Waals surface area contributed by atoms with Crippen LogP contribution in [0.15, 0.2) is 95.0 Å². The fourth-order valence-corrected chi connectivity index (χ4v) is 4.36. The van der Waals surface area contributed by atoms with Gasteiger partial charge in [0.25, 0.3) is 11.6 Å². The Bertz CT molecular complexity index is 1470. The Hall–Kier alpha value is -4.50. The molecule has 3 aromatic carbocycles. The number of amidine groups is 1. The van der Waals surface area contributed by atoms with E-state index in [4.69, 9.17) is 5.10 Å². The molecule has 2 heterocycles. The van der Waals surface area contributed by atoms with Gasteiger partial charge in [0.2, 0.25) is 0 Å². The molecular formula is C26H19N5O3S. The number of rotatable bonds is 5. The summed E-state index contributed by atoms with van der Waals surface area (Å²) in [7, 11) is 0. The largest absolute Gasteiger partial charge is 0.300 e. The molecule has 1 fully saturated rings. The van der Waals surface area contributed by atoms with Crippen molar-refractivity contribution in [2.24, 2.45) is 4.99 Å². The lowest BCUT2D eigenvalue weighted by Crippen LogP contribution is -2.19. The van der Waals surface area contributed by atoms with Crippen LogP contribution in [0.4, 0.5) is 11.4 Å². The highest BCUT2D eigenvalue weighted by molar-refractivity contribution is 8.18. The lowest BCUT2D eigenvalue weighted by Gasteiger charge is -2.00. The number of aryl methyl sites for hydroxylation is 1. The maximum Gasteiger partial charge on any atom is 0.269 e. The number of non-ortho nitro benzene ring substituents is 1. The van der Waals surface area contributed by atoms with Crippen molar-refractivity contribution in [3.8, 4) is 16.9 Å². The molecule has 0 radical (unpaired) electrons. The van der Waals surface area contributed by atoms with Gasteiger partial charge >= 0.3 is 0 Å². The van der Waals surface area contributed by atoms with Crippen LogP contribution in [0.3, 0.4) is 0 Å². The molecule has 9 heteroatoms. The number of carbonyl (C=O) groups is 1. The molecule has 5 rings (SSSR count). The van der Waals surface area contributed by atoms with E-state index in [1.807, 2.05) is 67.7 Å². The number of carbonyl (C=O) groups excluding carboxylic acids is 1. The van der Waals surface area contributed by atoms with Crippen molar-refractivity contribution in [3.63, 3.8) is 0 Å². The molecule has 8 nitrogen and oxygen atoms in total. The molecule has 1 amide bonds. The summed E-state index contributed by atoms with van der Waals surface area (Å²) >= 11 is 1.25. The lowest BCUT2D eigenvalue weighted by atomic mass is 10.1. The van der Waals surface area contributed by atoms with Gasteiger partial charge in [0.15, 0.2) is 5.17 Å². The summed E-state index contributed by atoms with van der Waals surface area (Å²) in [5.41, 5.74) is 4.75. The van der Waals surface area contributed by atoms with Crippen LogP contribution in [0.1, 0.15) is 11.1 Å². The summed E-state index contributed by atoms with van der Waals surface area (Å²) in [6.07, 6.45) is 3.60. The fourth-order valence-electron chi connectivity index (χ4n) is 3.53. The highest BCUT2D eigenvalue weighted by Gasteiger charge is 2.25. The van der Waals surface area contributed by atoms with Crippen LogP contribution in [0.2, 0.25) is 0 Å². The van der Waals surface area contributed by atoms with Crippen LogP contribution < -0.4 is 5.32 Å². The number of hydrogen-bond donors (Lipinski definition) is 1. The first-order valence-electron chi connectivity index (χ1n) is 10.7. The number of nitrogens with one attached hydrogen (secondary N) is 1. The average molecular weight is 482 g/mol. The number of thioether (sulfide) groups is 1. The molecule has 1 aliphatic heterocycles. The second-order valence-electron chi connectivity index (χ2n) is 7.83. The molecule has 35 heavy (non-hydrogen) atoms. The smallest absolute Gasteiger partial charge is 0.269 e. The highest BCUT2D eigenvalue weighted by Crippen LogP contribution is 2.32. The predicted octanol–water partition coefficient (Wildman–Crippen LogP) is 5.65. The second kappa shape index (κ2) is 9.40. The summed E-state index contributed by atoms with van der Waals surface area (Å²) in [6, 6.07) is 23.5. The summed E-state index contributed by atoms with van der Waals surface area (Å²) in [5.74, 6) is -0.247. The Morgan fingerprint density at radius 1 is 1.03 bits per heavy atom. The standard InChI is InChI=1S/C26H19N5O3S/c1-17-7-11-20(12-8-17)27-26-28-25(32)23(35-26)15-19-16-30(21-5-3-2-4-6-21)29-24(19)18-9-13-22(14-10-18)31(33)34/h2-16H,1H3,(H,27,28,32)/b23-15-. The number of nitrogens with zero attached hydrogens (tertiary/aromatic N) is 4.